The highest BCUT2D eigenvalue weighted by atomic mass is 19.4. The van der Waals surface area contributed by atoms with Crippen LogP contribution in [0.3, 0.4) is 0 Å². The van der Waals surface area contributed by atoms with E-state index < -0.39 is 23.6 Å². The average Bonchev–Trinajstić information content (AvgIpc) is 2.91. The first-order valence-electron chi connectivity index (χ1n) is 7.27. The summed E-state index contributed by atoms with van der Waals surface area (Å²) in [4.78, 5) is 0. The zero-order valence-electron chi connectivity index (χ0n) is 12.4. The van der Waals surface area contributed by atoms with Gasteiger partial charge >= 0.3 is 12.4 Å². The van der Waals surface area contributed by atoms with E-state index in [9.17, 15) is 26.3 Å². The summed E-state index contributed by atoms with van der Waals surface area (Å²) in [6.45, 7) is 0. The molecule has 0 unspecified atom stereocenters. The lowest BCUT2D eigenvalue weighted by atomic mass is 10.1. The van der Waals surface area contributed by atoms with Crippen molar-refractivity contribution in [1.29, 1.82) is 0 Å². The molecule has 0 amide bonds. The molecule has 2 aromatic carbocycles. The third-order valence-electron chi connectivity index (χ3n) is 4.19. The van der Waals surface area contributed by atoms with Crippen molar-refractivity contribution in [1.82, 2.24) is 4.40 Å². The maximum Gasteiger partial charge on any atom is 0.431 e. The van der Waals surface area contributed by atoms with Gasteiger partial charge in [0.1, 0.15) is 5.69 Å². The van der Waals surface area contributed by atoms with E-state index in [1.165, 1.54) is 6.07 Å². The van der Waals surface area contributed by atoms with E-state index in [2.05, 4.69) is 0 Å². The van der Waals surface area contributed by atoms with Crippen LogP contribution in [0.4, 0.5) is 26.3 Å². The lowest BCUT2D eigenvalue weighted by Gasteiger charge is -2.15. The molecule has 7 heteroatoms. The normalized spacial score (nSPS) is 13.2. The van der Waals surface area contributed by atoms with Crippen molar-refractivity contribution in [3.05, 3.63) is 65.9 Å². The Balaban J connectivity index is 2.21. The van der Waals surface area contributed by atoms with Gasteiger partial charge in [0, 0.05) is 10.8 Å². The summed E-state index contributed by atoms with van der Waals surface area (Å²) < 4.78 is 80.4. The van der Waals surface area contributed by atoms with Gasteiger partial charge in [-0.2, -0.15) is 26.3 Å². The number of fused-ring (bicyclic) bond motifs is 5. The summed E-state index contributed by atoms with van der Waals surface area (Å²) in [5.41, 5.74) is -1.41. The average molecular weight is 353 g/mol. The zero-order chi connectivity index (χ0) is 18.0. The van der Waals surface area contributed by atoms with E-state index in [1.54, 1.807) is 30.3 Å². The second kappa shape index (κ2) is 4.91. The molecule has 4 aromatic rings. The van der Waals surface area contributed by atoms with Crippen LogP contribution < -0.4 is 0 Å². The number of halogens is 6. The van der Waals surface area contributed by atoms with Crippen LogP contribution in [0, 0.1) is 0 Å². The van der Waals surface area contributed by atoms with Gasteiger partial charge in [-0.15, -0.1) is 0 Å². The minimum Gasteiger partial charge on any atom is -0.305 e. The molecule has 0 spiro atoms. The van der Waals surface area contributed by atoms with Gasteiger partial charge in [-0.3, -0.25) is 0 Å². The van der Waals surface area contributed by atoms with Crippen LogP contribution in [0.2, 0.25) is 0 Å². The molecule has 128 valence electrons. The summed E-state index contributed by atoms with van der Waals surface area (Å²) in [5.74, 6) is 0. The molecule has 25 heavy (non-hydrogen) atoms. The van der Waals surface area contributed by atoms with E-state index in [4.69, 9.17) is 0 Å². The molecule has 0 saturated carbocycles. The van der Waals surface area contributed by atoms with Crippen molar-refractivity contribution < 1.29 is 26.3 Å². The van der Waals surface area contributed by atoms with Gasteiger partial charge in [0.05, 0.1) is 16.6 Å². The summed E-state index contributed by atoms with van der Waals surface area (Å²) in [7, 11) is 0. The molecular formula is C18H9F6N. The van der Waals surface area contributed by atoms with Gasteiger partial charge < -0.3 is 4.40 Å². The first-order valence-corrected chi connectivity index (χ1v) is 7.27. The van der Waals surface area contributed by atoms with Gasteiger partial charge in [0.2, 0.25) is 0 Å². The van der Waals surface area contributed by atoms with E-state index >= 15 is 0 Å². The maximum absolute atomic E-state index is 13.5. The molecule has 0 bridgehead atoms. The van der Waals surface area contributed by atoms with Crippen LogP contribution in [0.25, 0.3) is 27.2 Å². The Morgan fingerprint density at radius 3 is 2.04 bits per heavy atom. The van der Waals surface area contributed by atoms with E-state index in [0.29, 0.717) is 16.3 Å². The van der Waals surface area contributed by atoms with Crippen LogP contribution in [0.1, 0.15) is 11.3 Å². The Morgan fingerprint density at radius 2 is 1.36 bits per heavy atom. The lowest BCUT2D eigenvalue weighted by Crippen LogP contribution is -2.12. The second-order valence-electron chi connectivity index (χ2n) is 5.75. The fourth-order valence-corrected chi connectivity index (χ4v) is 3.12. The third-order valence-corrected chi connectivity index (χ3v) is 4.19. The van der Waals surface area contributed by atoms with Gasteiger partial charge in [-0.25, -0.2) is 0 Å². The SMILES string of the molecule is FC(F)(F)c1ccc2c(c1)cc(C(F)(F)F)n1c3ccccc3cc21. The molecule has 1 nitrogen and oxygen atoms in total. The van der Waals surface area contributed by atoms with E-state index in [1.807, 2.05) is 0 Å². The number of para-hydroxylation sites is 1. The Kier molecular flexibility index (Phi) is 3.10. The highest BCUT2D eigenvalue weighted by molar-refractivity contribution is 6.03. The molecule has 0 aliphatic rings. The molecule has 0 N–H and O–H groups in total. The van der Waals surface area contributed by atoms with Crippen molar-refractivity contribution in [3.63, 3.8) is 0 Å². The Hall–Kier alpha value is -2.70. The second-order valence-corrected chi connectivity index (χ2v) is 5.75. The molecule has 0 atom stereocenters. The number of aromatic nitrogens is 1. The largest absolute Gasteiger partial charge is 0.431 e. The summed E-state index contributed by atoms with van der Waals surface area (Å²) in [6, 6.07) is 11.7. The number of hydrogen-bond donors (Lipinski definition) is 0. The molecule has 0 aliphatic carbocycles. The van der Waals surface area contributed by atoms with Crippen molar-refractivity contribution in [2.45, 2.75) is 12.4 Å². The predicted molar refractivity (Wildman–Crippen MR) is 82.4 cm³/mol. The van der Waals surface area contributed by atoms with Crippen molar-refractivity contribution in [2.75, 3.05) is 0 Å². The zero-order valence-corrected chi connectivity index (χ0v) is 12.4. The van der Waals surface area contributed by atoms with Gasteiger partial charge in [-0.1, -0.05) is 24.3 Å². The minimum atomic E-state index is -4.71. The quantitative estimate of drug-likeness (QED) is 0.328. The summed E-state index contributed by atoms with van der Waals surface area (Å²) in [6.07, 6.45) is -9.33. The van der Waals surface area contributed by atoms with Crippen molar-refractivity contribution >= 4 is 27.2 Å². The molecule has 2 heterocycles. The van der Waals surface area contributed by atoms with Crippen LogP contribution in [-0.2, 0) is 12.4 Å². The molecular weight excluding hydrogens is 344 g/mol. The maximum atomic E-state index is 13.5. The topological polar surface area (TPSA) is 4.41 Å². The number of hydrogen-bond acceptors (Lipinski definition) is 0. The number of nitrogens with zero attached hydrogens (tertiary/aromatic N) is 1. The van der Waals surface area contributed by atoms with Crippen LogP contribution in [0.15, 0.2) is 54.6 Å². The molecule has 2 aromatic heterocycles. The van der Waals surface area contributed by atoms with Gasteiger partial charge in [0.15, 0.2) is 0 Å². The highest BCUT2D eigenvalue weighted by Crippen LogP contribution is 2.39. The third kappa shape index (κ3) is 2.42. The molecule has 0 fully saturated rings. The van der Waals surface area contributed by atoms with Gasteiger partial charge in [-0.05, 0) is 35.7 Å². The standard InChI is InChI=1S/C18H9F6N/c19-17(20,21)12-5-6-13-11(7-12)9-16(18(22,23)24)25-14-4-2-1-3-10(14)8-15(13)25/h1-9H. The minimum absolute atomic E-state index is 0.0996. The fraction of sp³-hybridized carbons (Fsp3) is 0.111. The first kappa shape index (κ1) is 15.8. The van der Waals surface area contributed by atoms with Crippen molar-refractivity contribution in [2.24, 2.45) is 0 Å². The van der Waals surface area contributed by atoms with Crippen LogP contribution in [0.5, 0.6) is 0 Å². The number of benzene rings is 2. The number of pyridine rings is 1. The Bertz CT molecular complexity index is 1120. The molecule has 0 aliphatic heterocycles. The number of alkyl halides is 6. The van der Waals surface area contributed by atoms with Crippen LogP contribution >= 0.6 is 0 Å². The summed E-state index contributed by atoms with van der Waals surface area (Å²) in [5, 5.41) is 0.815. The van der Waals surface area contributed by atoms with E-state index in [0.717, 1.165) is 22.6 Å². The summed E-state index contributed by atoms with van der Waals surface area (Å²) >= 11 is 0. The molecule has 0 saturated heterocycles. The van der Waals surface area contributed by atoms with Crippen LogP contribution in [-0.4, -0.2) is 4.40 Å². The predicted octanol–water partition coefficient (Wildman–Crippen LogP) is 6.28. The Labute approximate surface area is 137 Å². The monoisotopic (exact) mass is 353 g/mol. The smallest absolute Gasteiger partial charge is 0.305 e. The fourth-order valence-electron chi connectivity index (χ4n) is 3.12. The first-order chi connectivity index (χ1) is 11.7. The van der Waals surface area contributed by atoms with Gasteiger partial charge in [0.25, 0.3) is 0 Å². The Morgan fingerprint density at radius 1 is 0.640 bits per heavy atom. The molecule has 0 radical (unpaired) electrons. The number of rotatable bonds is 0. The van der Waals surface area contributed by atoms with E-state index in [-0.39, 0.29) is 10.9 Å². The lowest BCUT2D eigenvalue weighted by molar-refractivity contribution is -0.141. The van der Waals surface area contributed by atoms with Crippen molar-refractivity contribution in [3.8, 4) is 0 Å². The molecule has 4 rings (SSSR count). The highest BCUT2D eigenvalue weighted by Gasteiger charge is 2.35.